The molecule has 4 aromatic rings. The van der Waals surface area contributed by atoms with Crippen LogP contribution in [0.2, 0.25) is 5.02 Å². The number of hydrogen-bond acceptors (Lipinski definition) is 7. The van der Waals surface area contributed by atoms with E-state index in [1.54, 1.807) is 0 Å². The number of anilines is 5. The summed E-state index contributed by atoms with van der Waals surface area (Å²) in [7, 11) is 0. The molecule has 7 rings (SSSR count). The van der Waals surface area contributed by atoms with Crippen LogP contribution in [0.5, 0.6) is 0 Å². The predicted octanol–water partition coefficient (Wildman–Crippen LogP) is 6.58. The van der Waals surface area contributed by atoms with Crippen molar-refractivity contribution < 1.29 is 0 Å². The van der Waals surface area contributed by atoms with Gasteiger partial charge in [-0.1, -0.05) is 73.0 Å². The number of nitrogens with zero attached hydrogens (tertiary/aromatic N) is 6. The van der Waals surface area contributed by atoms with Gasteiger partial charge in [-0.2, -0.15) is 9.97 Å². The second-order valence-corrected chi connectivity index (χ2v) is 13.7. The second-order valence-electron chi connectivity index (χ2n) is 12.8. The maximum atomic E-state index is 6.22. The highest BCUT2D eigenvalue weighted by atomic mass is 35.5. The van der Waals surface area contributed by atoms with Crippen molar-refractivity contribution in [2.75, 3.05) is 83.8 Å². The molecular weight excluding hydrogens is 624 g/mol. The van der Waals surface area contributed by atoms with Crippen molar-refractivity contribution in [3.63, 3.8) is 0 Å². The Balaban J connectivity index is 1.07. The van der Waals surface area contributed by atoms with Gasteiger partial charge in [-0.05, 0) is 67.0 Å². The monoisotopic (exact) mass is 666 g/mol. The fourth-order valence-electron chi connectivity index (χ4n) is 7.28. The second kappa shape index (κ2) is 14.4. The summed E-state index contributed by atoms with van der Waals surface area (Å²) in [5.41, 5.74) is 3.90. The Kier molecular flexibility index (Phi) is 9.63. The lowest BCUT2D eigenvalue weighted by molar-refractivity contribution is 0.435. The summed E-state index contributed by atoms with van der Waals surface area (Å²) in [6, 6.07) is 31.8. The van der Waals surface area contributed by atoms with Crippen LogP contribution in [0.3, 0.4) is 0 Å². The van der Waals surface area contributed by atoms with E-state index >= 15 is 0 Å². The van der Waals surface area contributed by atoms with Gasteiger partial charge in [0.15, 0.2) is 5.11 Å². The number of piperazine rings is 2. The molecule has 1 aromatic heterocycles. The van der Waals surface area contributed by atoms with Crippen LogP contribution in [0.1, 0.15) is 31.2 Å². The standard InChI is InChI=1S/C37H43ClN8S/c38-30-15-13-29(14-16-30)37(17-7-8-18-37)28-39-36(47)42-35-40-33(45-23-19-43(20-24-45)31-9-3-1-4-10-31)27-34(41-35)46-25-21-44(22-26-46)32-11-5-2-6-12-32/h1-6,9-16,27H,7-8,17-26,28H2,(H2,39,40,41,42,47). The molecule has 1 saturated carbocycles. The summed E-state index contributed by atoms with van der Waals surface area (Å²) in [6.45, 7) is 8.07. The van der Waals surface area contributed by atoms with Crippen LogP contribution in [-0.2, 0) is 5.41 Å². The summed E-state index contributed by atoms with van der Waals surface area (Å²) in [5, 5.41) is 8.23. The van der Waals surface area contributed by atoms with E-state index in [1.165, 1.54) is 29.8 Å². The van der Waals surface area contributed by atoms with Crippen molar-refractivity contribution in [3.8, 4) is 0 Å². The molecule has 2 aliphatic heterocycles. The summed E-state index contributed by atoms with van der Waals surface area (Å²) < 4.78 is 0. The first-order chi connectivity index (χ1) is 23.0. The molecule has 0 spiro atoms. The Bertz CT molecular complexity index is 1540. The van der Waals surface area contributed by atoms with E-state index in [-0.39, 0.29) is 5.41 Å². The zero-order chi connectivity index (χ0) is 32.1. The molecular formula is C37H43ClN8S. The maximum Gasteiger partial charge on any atom is 0.232 e. The average molecular weight is 667 g/mol. The molecule has 2 N–H and O–H groups in total. The van der Waals surface area contributed by atoms with Gasteiger partial charge in [0.2, 0.25) is 5.95 Å². The Labute approximate surface area is 288 Å². The Hall–Kier alpha value is -4.08. The maximum absolute atomic E-state index is 6.22. The van der Waals surface area contributed by atoms with Gasteiger partial charge in [0.25, 0.3) is 0 Å². The van der Waals surface area contributed by atoms with Gasteiger partial charge < -0.3 is 30.2 Å². The first kappa shape index (κ1) is 31.5. The zero-order valence-corrected chi connectivity index (χ0v) is 28.4. The molecule has 8 nitrogen and oxygen atoms in total. The third-order valence-corrected chi connectivity index (χ3v) is 10.5. The van der Waals surface area contributed by atoms with Gasteiger partial charge in [-0.3, -0.25) is 0 Å². The van der Waals surface area contributed by atoms with Crippen LogP contribution in [0.25, 0.3) is 0 Å². The molecule has 3 aliphatic rings. The van der Waals surface area contributed by atoms with Crippen molar-refractivity contribution in [2.45, 2.75) is 31.1 Å². The normalized spacial score (nSPS) is 17.9. The Morgan fingerprint density at radius 2 is 1.13 bits per heavy atom. The van der Waals surface area contributed by atoms with Crippen molar-refractivity contribution >= 4 is 57.9 Å². The average Bonchev–Trinajstić information content (AvgIpc) is 3.62. The van der Waals surface area contributed by atoms with Gasteiger partial charge in [0, 0.05) is 86.8 Å². The number of thiocarbonyl (C=S) groups is 1. The topological polar surface area (TPSA) is 62.8 Å². The number of benzene rings is 3. The molecule has 3 aromatic carbocycles. The third kappa shape index (κ3) is 7.41. The molecule has 3 heterocycles. The van der Waals surface area contributed by atoms with Crippen LogP contribution in [-0.4, -0.2) is 74.0 Å². The van der Waals surface area contributed by atoms with Crippen molar-refractivity contribution in [1.82, 2.24) is 15.3 Å². The summed E-state index contributed by atoms with van der Waals surface area (Å²) in [4.78, 5) is 19.7. The first-order valence-electron chi connectivity index (χ1n) is 16.8. The van der Waals surface area contributed by atoms with Gasteiger partial charge in [-0.15, -0.1) is 0 Å². The van der Waals surface area contributed by atoms with Crippen molar-refractivity contribution in [2.24, 2.45) is 0 Å². The molecule has 0 amide bonds. The quantitative estimate of drug-likeness (QED) is 0.203. The number of rotatable bonds is 8. The predicted molar refractivity (Wildman–Crippen MR) is 200 cm³/mol. The fourth-order valence-corrected chi connectivity index (χ4v) is 7.57. The smallest absolute Gasteiger partial charge is 0.232 e. The summed E-state index contributed by atoms with van der Waals surface area (Å²) in [6.07, 6.45) is 4.69. The molecule has 244 valence electrons. The summed E-state index contributed by atoms with van der Waals surface area (Å²) in [5.74, 6) is 2.41. The highest BCUT2D eigenvalue weighted by Crippen LogP contribution is 2.41. The third-order valence-electron chi connectivity index (χ3n) is 9.98. The molecule has 3 fully saturated rings. The molecule has 47 heavy (non-hydrogen) atoms. The number of hydrogen-bond donors (Lipinski definition) is 2. The molecule has 2 saturated heterocycles. The summed E-state index contributed by atoms with van der Waals surface area (Å²) >= 11 is 12.1. The van der Waals surface area contributed by atoms with Gasteiger partial charge in [0.05, 0.1) is 0 Å². The highest BCUT2D eigenvalue weighted by molar-refractivity contribution is 7.80. The van der Waals surface area contributed by atoms with E-state index in [0.29, 0.717) is 11.1 Å². The highest BCUT2D eigenvalue weighted by Gasteiger charge is 2.35. The van der Waals surface area contributed by atoms with E-state index in [9.17, 15) is 0 Å². The lowest BCUT2D eigenvalue weighted by Crippen LogP contribution is -2.48. The lowest BCUT2D eigenvalue weighted by atomic mass is 9.79. The largest absolute Gasteiger partial charge is 0.368 e. The molecule has 0 unspecified atom stereocenters. The first-order valence-corrected chi connectivity index (χ1v) is 17.6. The minimum absolute atomic E-state index is 0.0427. The number of nitrogens with one attached hydrogen (secondary N) is 2. The Morgan fingerprint density at radius 3 is 1.62 bits per heavy atom. The molecule has 0 radical (unpaired) electrons. The lowest BCUT2D eigenvalue weighted by Gasteiger charge is -2.38. The minimum atomic E-state index is 0.0427. The van der Waals surface area contributed by atoms with Gasteiger partial charge >= 0.3 is 0 Å². The van der Waals surface area contributed by atoms with Crippen molar-refractivity contribution in [1.29, 1.82) is 0 Å². The molecule has 0 bridgehead atoms. The van der Waals surface area contributed by atoms with Crippen LogP contribution < -0.4 is 30.2 Å². The number of aromatic nitrogens is 2. The minimum Gasteiger partial charge on any atom is -0.368 e. The zero-order valence-electron chi connectivity index (χ0n) is 26.8. The van der Waals surface area contributed by atoms with E-state index in [2.05, 4.69) is 109 Å². The van der Waals surface area contributed by atoms with E-state index in [0.717, 1.165) is 88.4 Å². The van der Waals surface area contributed by atoms with Crippen LogP contribution in [0, 0.1) is 0 Å². The SMILES string of the molecule is S=C(NCC1(c2ccc(Cl)cc2)CCCC1)Nc1nc(N2CCN(c3ccccc3)CC2)cc(N2CCN(c3ccccc3)CC2)n1. The Morgan fingerprint density at radius 1 is 0.660 bits per heavy atom. The molecule has 0 atom stereocenters. The van der Waals surface area contributed by atoms with E-state index < -0.39 is 0 Å². The van der Waals surface area contributed by atoms with E-state index in [4.69, 9.17) is 33.8 Å². The van der Waals surface area contributed by atoms with Crippen LogP contribution in [0.4, 0.5) is 29.0 Å². The molecule has 1 aliphatic carbocycles. The van der Waals surface area contributed by atoms with Crippen LogP contribution in [0.15, 0.2) is 91.0 Å². The molecule has 10 heteroatoms. The number of para-hydroxylation sites is 2. The van der Waals surface area contributed by atoms with Crippen molar-refractivity contribution in [3.05, 3.63) is 102 Å². The van der Waals surface area contributed by atoms with Crippen LogP contribution >= 0.6 is 23.8 Å². The fraction of sp³-hybridized carbons (Fsp3) is 0.378. The van der Waals surface area contributed by atoms with Gasteiger partial charge in [-0.25, -0.2) is 0 Å². The van der Waals surface area contributed by atoms with Gasteiger partial charge in [0.1, 0.15) is 11.6 Å². The number of halogens is 1. The van der Waals surface area contributed by atoms with E-state index in [1.807, 2.05) is 12.1 Å².